The molecule has 2 aromatic heterocycles. The molecule has 5 nitrogen and oxygen atoms in total. The van der Waals surface area contributed by atoms with Crippen LogP contribution in [-0.2, 0) is 4.74 Å². The number of ether oxygens (including phenoxy) is 1. The van der Waals surface area contributed by atoms with E-state index in [1.807, 2.05) is 30.3 Å². The van der Waals surface area contributed by atoms with Gasteiger partial charge in [-0.15, -0.1) is 11.3 Å². The lowest BCUT2D eigenvalue weighted by molar-refractivity contribution is 0.0474. The number of esters is 1. The fourth-order valence-corrected chi connectivity index (χ4v) is 3.11. The summed E-state index contributed by atoms with van der Waals surface area (Å²) < 4.78 is 10.8. The predicted octanol–water partition coefficient (Wildman–Crippen LogP) is 4.40. The van der Waals surface area contributed by atoms with Crippen LogP contribution in [0, 0.1) is 6.92 Å². The number of hydrogen-bond acceptors (Lipinski definition) is 6. The van der Waals surface area contributed by atoms with Crippen molar-refractivity contribution >= 4 is 34.7 Å². The van der Waals surface area contributed by atoms with E-state index in [1.54, 1.807) is 19.1 Å². The highest BCUT2D eigenvalue weighted by molar-refractivity contribution is 7.18. The van der Waals surface area contributed by atoms with E-state index in [1.165, 1.54) is 0 Å². The van der Waals surface area contributed by atoms with Gasteiger partial charge in [0.15, 0.2) is 6.61 Å². The highest BCUT2D eigenvalue weighted by atomic mass is 35.5. The molecule has 0 bridgehead atoms. The fourth-order valence-electron chi connectivity index (χ4n) is 2.14. The molecular weight excluding hydrogens is 350 g/mol. The molecule has 0 spiro atoms. The van der Waals surface area contributed by atoms with Crippen molar-refractivity contribution in [2.45, 2.75) is 6.92 Å². The summed E-state index contributed by atoms with van der Waals surface area (Å²) >= 11 is 6.94. The number of ketones is 1. The summed E-state index contributed by atoms with van der Waals surface area (Å²) in [6.07, 6.45) is 0. The van der Waals surface area contributed by atoms with E-state index in [-0.39, 0.29) is 18.0 Å². The lowest BCUT2D eigenvalue weighted by Gasteiger charge is -2.04. The maximum Gasteiger partial charge on any atom is 0.344 e. The van der Waals surface area contributed by atoms with Gasteiger partial charge in [0.1, 0.15) is 17.0 Å². The summed E-state index contributed by atoms with van der Waals surface area (Å²) in [5, 5.41) is 3.92. The number of hydrogen-bond donors (Lipinski definition) is 0. The van der Waals surface area contributed by atoms with E-state index < -0.39 is 5.97 Å². The number of carbonyl (C=O) groups is 2. The van der Waals surface area contributed by atoms with Crippen molar-refractivity contribution < 1.29 is 18.8 Å². The van der Waals surface area contributed by atoms with Crippen LogP contribution in [0.2, 0.25) is 4.34 Å². The Bertz CT molecular complexity index is 885. The monoisotopic (exact) mass is 361 g/mol. The Balaban J connectivity index is 1.76. The molecule has 0 saturated carbocycles. The van der Waals surface area contributed by atoms with Crippen LogP contribution >= 0.6 is 22.9 Å². The molecule has 0 aliphatic heterocycles. The highest BCUT2D eigenvalue weighted by Crippen LogP contribution is 2.26. The first kappa shape index (κ1) is 16.4. The van der Waals surface area contributed by atoms with E-state index in [2.05, 4.69) is 5.16 Å². The van der Waals surface area contributed by atoms with Gasteiger partial charge >= 0.3 is 5.97 Å². The summed E-state index contributed by atoms with van der Waals surface area (Å²) in [6, 6.07) is 12.4. The molecule has 0 atom stereocenters. The second-order valence-corrected chi connectivity index (χ2v) is 6.65. The van der Waals surface area contributed by atoms with Crippen molar-refractivity contribution in [2.24, 2.45) is 0 Å². The molecule has 0 amide bonds. The van der Waals surface area contributed by atoms with Gasteiger partial charge in [0.05, 0.1) is 9.21 Å². The summed E-state index contributed by atoms with van der Waals surface area (Å²) in [5.74, 6) is -0.621. The molecule has 0 aliphatic carbocycles. The first-order valence-electron chi connectivity index (χ1n) is 7.03. The van der Waals surface area contributed by atoms with Crippen LogP contribution in [0.1, 0.15) is 25.8 Å². The standard InChI is InChI=1S/C17H12ClNO4S/c1-10-15(16(19-23-10)11-5-3-2-4-6-11)17(21)22-9-12(20)13-7-8-14(18)24-13/h2-8H,9H2,1H3. The van der Waals surface area contributed by atoms with E-state index in [0.29, 0.717) is 20.7 Å². The number of aryl methyl sites for hydroxylation is 1. The van der Waals surface area contributed by atoms with E-state index >= 15 is 0 Å². The van der Waals surface area contributed by atoms with Crippen molar-refractivity contribution in [3.05, 3.63) is 63.0 Å². The third kappa shape index (κ3) is 3.39. The molecule has 0 N–H and O–H groups in total. The summed E-state index contributed by atoms with van der Waals surface area (Å²) in [4.78, 5) is 24.8. The number of halogens is 1. The molecule has 0 radical (unpaired) electrons. The Morgan fingerprint density at radius 1 is 1.21 bits per heavy atom. The average Bonchev–Trinajstić information content (AvgIpc) is 3.19. The van der Waals surface area contributed by atoms with Gasteiger partial charge in [0.2, 0.25) is 5.78 Å². The van der Waals surface area contributed by atoms with Crippen molar-refractivity contribution in [1.82, 2.24) is 5.16 Å². The smallest absolute Gasteiger partial charge is 0.344 e. The number of Topliss-reactive ketones (excluding diaryl/α,β-unsaturated/α-hetero) is 1. The molecule has 3 aromatic rings. The first-order valence-corrected chi connectivity index (χ1v) is 8.23. The third-order valence-corrected chi connectivity index (χ3v) is 4.57. The van der Waals surface area contributed by atoms with Gasteiger partial charge in [-0.3, -0.25) is 4.79 Å². The fraction of sp³-hybridized carbons (Fsp3) is 0.118. The van der Waals surface area contributed by atoms with Gasteiger partial charge in [-0.2, -0.15) is 0 Å². The Kier molecular flexibility index (Phi) is 4.78. The first-order chi connectivity index (χ1) is 11.6. The molecule has 3 rings (SSSR count). The van der Waals surface area contributed by atoms with Gasteiger partial charge in [0.25, 0.3) is 0 Å². The Labute approximate surface area is 146 Å². The SMILES string of the molecule is Cc1onc(-c2ccccc2)c1C(=O)OCC(=O)c1ccc(Cl)s1. The molecule has 0 saturated heterocycles. The lowest BCUT2D eigenvalue weighted by atomic mass is 10.1. The summed E-state index contributed by atoms with van der Waals surface area (Å²) in [5.41, 5.74) is 1.35. The molecular formula is C17H12ClNO4S. The maximum atomic E-state index is 12.4. The molecule has 1 aromatic carbocycles. The van der Waals surface area contributed by atoms with Crippen LogP contribution in [0.25, 0.3) is 11.3 Å². The second-order valence-electron chi connectivity index (χ2n) is 4.93. The molecule has 2 heterocycles. The number of aromatic nitrogens is 1. The minimum absolute atomic E-state index is 0.221. The topological polar surface area (TPSA) is 69.4 Å². The number of benzene rings is 1. The van der Waals surface area contributed by atoms with E-state index in [0.717, 1.165) is 16.9 Å². The van der Waals surface area contributed by atoms with E-state index in [4.69, 9.17) is 20.9 Å². The zero-order valence-electron chi connectivity index (χ0n) is 12.6. The molecule has 7 heteroatoms. The number of carbonyl (C=O) groups excluding carboxylic acids is 2. The Morgan fingerprint density at radius 2 is 1.96 bits per heavy atom. The van der Waals surface area contributed by atoms with E-state index in [9.17, 15) is 9.59 Å². The number of thiophene rings is 1. The summed E-state index contributed by atoms with van der Waals surface area (Å²) in [6.45, 7) is 1.26. The predicted molar refractivity (Wildman–Crippen MR) is 90.6 cm³/mol. The van der Waals surface area contributed by atoms with Gasteiger partial charge in [-0.25, -0.2) is 4.79 Å². The van der Waals surface area contributed by atoms with Crippen LogP contribution in [0.5, 0.6) is 0 Å². The third-order valence-electron chi connectivity index (χ3n) is 3.30. The van der Waals surface area contributed by atoms with Crippen molar-refractivity contribution in [2.75, 3.05) is 6.61 Å². The molecule has 0 fully saturated rings. The van der Waals surface area contributed by atoms with Crippen LogP contribution < -0.4 is 0 Å². The second kappa shape index (κ2) is 6.98. The lowest BCUT2D eigenvalue weighted by Crippen LogP contribution is -2.14. The largest absolute Gasteiger partial charge is 0.454 e. The molecule has 24 heavy (non-hydrogen) atoms. The van der Waals surface area contributed by atoms with Crippen molar-refractivity contribution in [1.29, 1.82) is 0 Å². The van der Waals surface area contributed by atoms with Crippen LogP contribution in [0.15, 0.2) is 47.0 Å². The van der Waals surface area contributed by atoms with Gasteiger partial charge in [0, 0.05) is 5.56 Å². The van der Waals surface area contributed by atoms with Gasteiger partial charge in [-0.05, 0) is 19.1 Å². The Morgan fingerprint density at radius 3 is 2.62 bits per heavy atom. The zero-order chi connectivity index (χ0) is 17.1. The quantitative estimate of drug-likeness (QED) is 0.497. The number of rotatable bonds is 5. The average molecular weight is 362 g/mol. The summed E-state index contributed by atoms with van der Waals surface area (Å²) in [7, 11) is 0. The maximum absolute atomic E-state index is 12.4. The normalized spacial score (nSPS) is 10.6. The van der Waals surface area contributed by atoms with Crippen LogP contribution in [-0.4, -0.2) is 23.5 Å². The minimum Gasteiger partial charge on any atom is -0.454 e. The van der Waals surface area contributed by atoms with Crippen molar-refractivity contribution in [3.63, 3.8) is 0 Å². The zero-order valence-corrected chi connectivity index (χ0v) is 14.2. The van der Waals surface area contributed by atoms with Crippen LogP contribution in [0.3, 0.4) is 0 Å². The number of nitrogens with zero attached hydrogens (tertiary/aromatic N) is 1. The Hall–Kier alpha value is -2.44. The highest BCUT2D eigenvalue weighted by Gasteiger charge is 2.24. The molecule has 122 valence electrons. The van der Waals surface area contributed by atoms with Crippen molar-refractivity contribution in [3.8, 4) is 11.3 Å². The van der Waals surface area contributed by atoms with Gasteiger partial charge in [-0.1, -0.05) is 47.1 Å². The molecule has 0 aliphatic rings. The molecule has 0 unspecified atom stereocenters. The van der Waals surface area contributed by atoms with Gasteiger partial charge < -0.3 is 9.26 Å². The van der Waals surface area contributed by atoms with Crippen LogP contribution in [0.4, 0.5) is 0 Å². The minimum atomic E-state index is -0.649.